The lowest BCUT2D eigenvalue weighted by Crippen LogP contribution is -2.56. The lowest BCUT2D eigenvalue weighted by atomic mass is 9.92. The van der Waals surface area contributed by atoms with E-state index in [9.17, 15) is 14.4 Å². The molecule has 2 saturated heterocycles. The highest BCUT2D eigenvalue weighted by Crippen LogP contribution is 2.22. The molecule has 7 nitrogen and oxygen atoms in total. The van der Waals surface area contributed by atoms with Gasteiger partial charge in [-0.25, -0.2) is 4.79 Å². The summed E-state index contributed by atoms with van der Waals surface area (Å²) in [5.41, 5.74) is 5.74. The SMILES string of the molecule is CC1CCN(C(=O)CN2CCC(=O)NC2=O)C(CN)C1.Cl. The van der Waals surface area contributed by atoms with Crippen LogP contribution in [-0.4, -0.2) is 59.9 Å². The van der Waals surface area contributed by atoms with Gasteiger partial charge in [-0.2, -0.15) is 0 Å². The van der Waals surface area contributed by atoms with Crippen LogP contribution in [0.5, 0.6) is 0 Å². The molecule has 0 aromatic rings. The zero-order valence-electron chi connectivity index (χ0n) is 12.2. The van der Waals surface area contributed by atoms with Gasteiger partial charge in [-0.15, -0.1) is 12.4 Å². The summed E-state index contributed by atoms with van der Waals surface area (Å²) in [5, 5.41) is 2.22. The number of carbonyl (C=O) groups is 3. The average molecular weight is 319 g/mol. The van der Waals surface area contributed by atoms with Crippen LogP contribution < -0.4 is 11.1 Å². The Balaban J connectivity index is 0.00000220. The van der Waals surface area contributed by atoms with E-state index in [1.54, 1.807) is 4.90 Å². The third-order valence-electron chi connectivity index (χ3n) is 4.04. The summed E-state index contributed by atoms with van der Waals surface area (Å²) in [5.74, 6) is 0.200. The second-order valence-corrected chi connectivity index (χ2v) is 5.63. The molecule has 0 spiro atoms. The van der Waals surface area contributed by atoms with Crippen molar-refractivity contribution in [2.24, 2.45) is 11.7 Å². The minimum Gasteiger partial charge on any atom is -0.337 e. The molecule has 2 heterocycles. The van der Waals surface area contributed by atoms with Crippen LogP contribution in [-0.2, 0) is 9.59 Å². The van der Waals surface area contributed by atoms with E-state index in [4.69, 9.17) is 5.73 Å². The first-order valence-electron chi connectivity index (χ1n) is 7.09. The number of nitrogens with two attached hydrogens (primary N) is 1. The maximum atomic E-state index is 12.3. The molecular formula is C13H23ClN4O3. The van der Waals surface area contributed by atoms with E-state index in [0.29, 0.717) is 25.6 Å². The van der Waals surface area contributed by atoms with Crippen molar-refractivity contribution in [2.75, 3.05) is 26.2 Å². The molecule has 0 aromatic heterocycles. The van der Waals surface area contributed by atoms with Crippen molar-refractivity contribution in [1.29, 1.82) is 0 Å². The maximum absolute atomic E-state index is 12.3. The number of rotatable bonds is 3. The molecule has 0 aromatic carbocycles. The number of hydrogen-bond acceptors (Lipinski definition) is 4. The van der Waals surface area contributed by atoms with Gasteiger partial charge in [0.25, 0.3) is 0 Å². The molecule has 0 aliphatic carbocycles. The van der Waals surface area contributed by atoms with Crippen LogP contribution in [0.1, 0.15) is 26.2 Å². The van der Waals surface area contributed by atoms with Crippen molar-refractivity contribution < 1.29 is 14.4 Å². The fourth-order valence-corrected chi connectivity index (χ4v) is 2.81. The number of piperidine rings is 1. The van der Waals surface area contributed by atoms with Gasteiger partial charge in [-0.3, -0.25) is 14.9 Å². The molecule has 2 rings (SSSR count). The summed E-state index contributed by atoms with van der Waals surface area (Å²) in [7, 11) is 0. The second kappa shape index (κ2) is 7.61. The summed E-state index contributed by atoms with van der Waals surface area (Å²) in [6.45, 7) is 3.61. The highest BCUT2D eigenvalue weighted by molar-refractivity contribution is 5.98. The standard InChI is InChI=1S/C13H22N4O3.ClH/c1-9-2-5-17(10(6-9)7-14)12(19)8-16-4-3-11(18)15-13(16)20;/h9-10H,2-8,14H2,1H3,(H,15,18,20);1H. The van der Waals surface area contributed by atoms with Gasteiger partial charge >= 0.3 is 6.03 Å². The molecule has 2 atom stereocenters. The zero-order valence-corrected chi connectivity index (χ0v) is 13.0. The van der Waals surface area contributed by atoms with Gasteiger partial charge in [-0.05, 0) is 18.8 Å². The number of nitrogens with one attached hydrogen (secondary N) is 1. The van der Waals surface area contributed by atoms with Crippen LogP contribution >= 0.6 is 12.4 Å². The second-order valence-electron chi connectivity index (χ2n) is 5.63. The molecule has 0 bridgehead atoms. The quantitative estimate of drug-likeness (QED) is 0.761. The fraction of sp³-hybridized carbons (Fsp3) is 0.769. The van der Waals surface area contributed by atoms with Gasteiger partial charge in [0.2, 0.25) is 11.8 Å². The van der Waals surface area contributed by atoms with Crippen LogP contribution in [0.4, 0.5) is 4.79 Å². The number of imide groups is 1. The molecule has 3 N–H and O–H groups in total. The first kappa shape index (κ1) is 17.7. The van der Waals surface area contributed by atoms with Crippen LogP contribution in [0.2, 0.25) is 0 Å². The lowest BCUT2D eigenvalue weighted by Gasteiger charge is -2.39. The summed E-state index contributed by atoms with van der Waals surface area (Å²) < 4.78 is 0. The fourth-order valence-electron chi connectivity index (χ4n) is 2.81. The largest absolute Gasteiger partial charge is 0.337 e. The molecule has 0 radical (unpaired) electrons. The van der Waals surface area contributed by atoms with E-state index < -0.39 is 6.03 Å². The molecule has 8 heteroatoms. The van der Waals surface area contributed by atoms with E-state index in [1.807, 2.05) is 0 Å². The Hall–Kier alpha value is -1.34. The summed E-state index contributed by atoms with van der Waals surface area (Å²) in [4.78, 5) is 38.2. The number of amides is 4. The molecule has 0 saturated carbocycles. The number of halogens is 1. The van der Waals surface area contributed by atoms with E-state index in [2.05, 4.69) is 12.2 Å². The van der Waals surface area contributed by atoms with Crippen molar-refractivity contribution >= 4 is 30.3 Å². The predicted molar refractivity (Wildman–Crippen MR) is 79.9 cm³/mol. The van der Waals surface area contributed by atoms with Crippen molar-refractivity contribution in [3.05, 3.63) is 0 Å². The lowest BCUT2D eigenvalue weighted by molar-refractivity contribution is -0.136. The Morgan fingerprint density at radius 1 is 1.38 bits per heavy atom. The molecule has 2 aliphatic heterocycles. The molecule has 2 unspecified atom stereocenters. The molecule has 120 valence electrons. The number of likely N-dealkylation sites (tertiary alicyclic amines) is 1. The summed E-state index contributed by atoms with van der Waals surface area (Å²) >= 11 is 0. The Morgan fingerprint density at radius 2 is 2.10 bits per heavy atom. The number of carbonyl (C=O) groups excluding carboxylic acids is 3. The topological polar surface area (TPSA) is 95.7 Å². The molecule has 2 aliphatic rings. The van der Waals surface area contributed by atoms with Crippen molar-refractivity contribution in [1.82, 2.24) is 15.1 Å². The Kier molecular flexibility index (Phi) is 6.42. The van der Waals surface area contributed by atoms with Gasteiger partial charge < -0.3 is 15.5 Å². The summed E-state index contributed by atoms with van der Waals surface area (Å²) in [6.07, 6.45) is 2.12. The predicted octanol–water partition coefficient (Wildman–Crippen LogP) is -0.0641. The maximum Gasteiger partial charge on any atom is 0.324 e. The zero-order chi connectivity index (χ0) is 14.7. The first-order valence-corrected chi connectivity index (χ1v) is 7.09. The smallest absolute Gasteiger partial charge is 0.324 e. The van der Waals surface area contributed by atoms with Gasteiger partial charge in [0.05, 0.1) is 0 Å². The highest BCUT2D eigenvalue weighted by atomic mass is 35.5. The minimum absolute atomic E-state index is 0. The van der Waals surface area contributed by atoms with Crippen LogP contribution in [0, 0.1) is 5.92 Å². The summed E-state index contributed by atoms with van der Waals surface area (Å²) in [6, 6.07) is -0.426. The van der Waals surface area contributed by atoms with E-state index in [1.165, 1.54) is 4.90 Å². The number of nitrogens with zero attached hydrogens (tertiary/aromatic N) is 2. The number of urea groups is 1. The first-order chi connectivity index (χ1) is 9.51. The van der Waals surface area contributed by atoms with Crippen LogP contribution in [0.3, 0.4) is 0 Å². The Morgan fingerprint density at radius 3 is 2.71 bits per heavy atom. The molecule has 21 heavy (non-hydrogen) atoms. The van der Waals surface area contributed by atoms with E-state index in [0.717, 1.165) is 12.8 Å². The number of hydrogen-bond donors (Lipinski definition) is 2. The van der Waals surface area contributed by atoms with Gasteiger partial charge in [0.15, 0.2) is 0 Å². The monoisotopic (exact) mass is 318 g/mol. The van der Waals surface area contributed by atoms with E-state index >= 15 is 0 Å². The van der Waals surface area contributed by atoms with Gasteiger partial charge in [0, 0.05) is 32.1 Å². The Bertz CT molecular complexity index is 418. The average Bonchev–Trinajstić information content (AvgIpc) is 2.41. The van der Waals surface area contributed by atoms with Gasteiger partial charge in [0.1, 0.15) is 6.54 Å². The van der Waals surface area contributed by atoms with Gasteiger partial charge in [-0.1, -0.05) is 6.92 Å². The third kappa shape index (κ3) is 4.31. The third-order valence-corrected chi connectivity index (χ3v) is 4.04. The van der Waals surface area contributed by atoms with Crippen molar-refractivity contribution in [3.8, 4) is 0 Å². The molecular weight excluding hydrogens is 296 g/mol. The van der Waals surface area contributed by atoms with E-state index in [-0.39, 0.29) is 43.2 Å². The van der Waals surface area contributed by atoms with Crippen molar-refractivity contribution in [3.63, 3.8) is 0 Å². The highest BCUT2D eigenvalue weighted by Gasteiger charge is 2.32. The normalized spacial score (nSPS) is 26.2. The van der Waals surface area contributed by atoms with Crippen LogP contribution in [0.25, 0.3) is 0 Å². The van der Waals surface area contributed by atoms with Crippen molar-refractivity contribution in [2.45, 2.75) is 32.2 Å². The molecule has 4 amide bonds. The van der Waals surface area contributed by atoms with Crippen LogP contribution in [0.15, 0.2) is 0 Å². The molecule has 2 fully saturated rings. The minimum atomic E-state index is -0.482. The Labute approximate surface area is 130 Å².